The Morgan fingerprint density at radius 3 is 2.95 bits per heavy atom. The van der Waals surface area contributed by atoms with E-state index >= 15 is 0 Å². The molecule has 5 nitrogen and oxygen atoms in total. The summed E-state index contributed by atoms with van der Waals surface area (Å²) in [7, 11) is 0. The van der Waals surface area contributed by atoms with Gasteiger partial charge in [-0.15, -0.1) is 0 Å². The lowest BCUT2D eigenvalue weighted by molar-refractivity contribution is -0.121. The van der Waals surface area contributed by atoms with Crippen LogP contribution in [0, 0.1) is 5.92 Å². The first-order chi connectivity index (χ1) is 9.22. The summed E-state index contributed by atoms with van der Waals surface area (Å²) < 4.78 is 7.34. The lowest BCUT2D eigenvalue weighted by Crippen LogP contribution is -2.33. The SMILES string of the molecule is CCCn1ncnc1CC(=O)CC1CC(OCC)C1. The number of nitrogens with zero attached hydrogens (tertiary/aromatic N) is 3. The summed E-state index contributed by atoms with van der Waals surface area (Å²) in [6.07, 6.45) is 6.04. The lowest BCUT2D eigenvalue weighted by atomic mass is 9.78. The van der Waals surface area contributed by atoms with Gasteiger partial charge in [-0.2, -0.15) is 5.10 Å². The molecule has 0 aliphatic heterocycles. The van der Waals surface area contributed by atoms with Crippen LogP contribution in [0.4, 0.5) is 0 Å². The fraction of sp³-hybridized carbons (Fsp3) is 0.786. The molecule has 0 bridgehead atoms. The third-order valence-electron chi connectivity index (χ3n) is 3.60. The summed E-state index contributed by atoms with van der Waals surface area (Å²) in [5.74, 6) is 1.57. The van der Waals surface area contributed by atoms with Crippen molar-refractivity contribution in [3.05, 3.63) is 12.2 Å². The highest BCUT2D eigenvalue weighted by Crippen LogP contribution is 2.33. The van der Waals surface area contributed by atoms with Gasteiger partial charge in [0.1, 0.15) is 17.9 Å². The van der Waals surface area contributed by atoms with Gasteiger partial charge >= 0.3 is 0 Å². The number of hydrogen-bond acceptors (Lipinski definition) is 4. The molecule has 0 spiro atoms. The molecule has 106 valence electrons. The average Bonchev–Trinajstić information content (AvgIpc) is 2.74. The molecule has 0 radical (unpaired) electrons. The number of ether oxygens (including phenoxy) is 1. The summed E-state index contributed by atoms with van der Waals surface area (Å²) in [4.78, 5) is 16.2. The van der Waals surface area contributed by atoms with Crippen LogP contribution >= 0.6 is 0 Å². The molecular weight excluding hydrogens is 242 g/mol. The molecule has 0 unspecified atom stereocenters. The van der Waals surface area contributed by atoms with Gasteiger partial charge in [0.25, 0.3) is 0 Å². The fourth-order valence-corrected chi connectivity index (χ4v) is 2.61. The minimum atomic E-state index is 0.269. The quantitative estimate of drug-likeness (QED) is 0.721. The third-order valence-corrected chi connectivity index (χ3v) is 3.60. The van der Waals surface area contributed by atoms with Crippen LogP contribution in [0.2, 0.25) is 0 Å². The highest BCUT2D eigenvalue weighted by Gasteiger charge is 2.31. The number of hydrogen-bond donors (Lipinski definition) is 0. The molecule has 1 aromatic heterocycles. The van der Waals surface area contributed by atoms with Gasteiger partial charge < -0.3 is 4.74 Å². The van der Waals surface area contributed by atoms with Crippen LogP contribution in [0.25, 0.3) is 0 Å². The van der Waals surface area contributed by atoms with E-state index in [1.54, 1.807) is 0 Å². The van der Waals surface area contributed by atoms with Crippen molar-refractivity contribution < 1.29 is 9.53 Å². The Bertz CT molecular complexity index is 411. The van der Waals surface area contributed by atoms with Crippen molar-refractivity contribution in [2.45, 2.75) is 58.6 Å². The Labute approximate surface area is 114 Å². The zero-order chi connectivity index (χ0) is 13.7. The predicted molar refractivity (Wildman–Crippen MR) is 71.8 cm³/mol. The molecule has 1 heterocycles. The van der Waals surface area contributed by atoms with Gasteiger partial charge in [-0.3, -0.25) is 4.79 Å². The molecule has 0 amide bonds. The lowest BCUT2D eigenvalue weighted by Gasteiger charge is -2.34. The van der Waals surface area contributed by atoms with Crippen molar-refractivity contribution in [2.75, 3.05) is 6.61 Å². The maximum Gasteiger partial charge on any atom is 0.140 e. The van der Waals surface area contributed by atoms with Crippen LogP contribution in [-0.2, 0) is 22.5 Å². The molecule has 19 heavy (non-hydrogen) atoms. The molecule has 1 saturated carbocycles. The second-order valence-electron chi connectivity index (χ2n) is 5.23. The molecule has 1 aliphatic rings. The van der Waals surface area contributed by atoms with Crippen molar-refractivity contribution >= 4 is 5.78 Å². The standard InChI is InChI=1S/C14H23N3O2/c1-3-5-17-14(15-10-16-17)9-12(18)6-11-7-13(8-11)19-4-2/h10-11,13H,3-9H2,1-2H3. The summed E-state index contributed by atoms with van der Waals surface area (Å²) in [6.45, 7) is 5.71. The minimum Gasteiger partial charge on any atom is -0.378 e. The largest absolute Gasteiger partial charge is 0.378 e. The molecule has 0 saturated heterocycles. The second kappa shape index (κ2) is 6.80. The first kappa shape index (κ1) is 14.2. The van der Waals surface area contributed by atoms with Gasteiger partial charge in [0.15, 0.2) is 0 Å². The maximum absolute atomic E-state index is 12.0. The Balaban J connectivity index is 1.74. The van der Waals surface area contributed by atoms with E-state index < -0.39 is 0 Å². The maximum atomic E-state index is 12.0. The van der Waals surface area contributed by atoms with E-state index in [4.69, 9.17) is 4.74 Å². The van der Waals surface area contributed by atoms with Crippen LogP contribution in [0.5, 0.6) is 0 Å². The normalized spacial score (nSPS) is 22.2. The second-order valence-corrected chi connectivity index (χ2v) is 5.23. The Kier molecular flexibility index (Phi) is 5.07. The van der Waals surface area contributed by atoms with Crippen LogP contribution in [0.15, 0.2) is 6.33 Å². The van der Waals surface area contributed by atoms with Gasteiger partial charge in [0.05, 0.1) is 12.5 Å². The van der Waals surface area contributed by atoms with Gasteiger partial charge in [-0.05, 0) is 32.1 Å². The van der Waals surface area contributed by atoms with Crippen LogP contribution in [0.1, 0.15) is 45.4 Å². The number of carbonyl (C=O) groups excluding carboxylic acids is 1. The van der Waals surface area contributed by atoms with Gasteiger partial charge in [-0.25, -0.2) is 9.67 Å². The zero-order valence-corrected chi connectivity index (χ0v) is 11.8. The van der Waals surface area contributed by atoms with Gasteiger partial charge in [0.2, 0.25) is 0 Å². The Morgan fingerprint density at radius 2 is 2.26 bits per heavy atom. The van der Waals surface area contributed by atoms with Crippen LogP contribution < -0.4 is 0 Å². The van der Waals surface area contributed by atoms with Crippen molar-refractivity contribution in [2.24, 2.45) is 5.92 Å². The minimum absolute atomic E-state index is 0.269. The number of Topliss-reactive ketones (excluding diaryl/α,β-unsaturated/α-hetero) is 1. The van der Waals surface area contributed by atoms with E-state index in [-0.39, 0.29) is 5.78 Å². The monoisotopic (exact) mass is 265 g/mol. The topological polar surface area (TPSA) is 57.0 Å². The van der Waals surface area contributed by atoms with E-state index in [2.05, 4.69) is 17.0 Å². The molecule has 0 aromatic carbocycles. The Morgan fingerprint density at radius 1 is 1.47 bits per heavy atom. The molecule has 1 aliphatic carbocycles. The molecule has 1 aromatic rings. The zero-order valence-electron chi connectivity index (χ0n) is 11.8. The number of carbonyl (C=O) groups is 1. The number of rotatable bonds is 8. The summed E-state index contributed by atoms with van der Waals surface area (Å²) in [5.41, 5.74) is 0. The van der Waals surface area contributed by atoms with Crippen molar-refractivity contribution in [3.63, 3.8) is 0 Å². The summed E-state index contributed by atoms with van der Waals surface area (Å²) >= 11 is 0. The molecular formula is C14H23N3O2. The Hall–Kier alpha value is -1.23. The first-order valence-corrected chi connectivity index (χ1v) is 7.22. The predicted octanol–water partition coefficient (Wildman–Crippen LogP) is 2.00. The van der Waals surface area contributed by atoms with Crippen LogP contribution in [0.3, 0.4) is 0 Å². The molecule has 0 N–H and O–H groups in total. The van der Waals surface area contributed by atoms with Crippen molar-refractivity contribution in [1.82, 2.24) is 14.8 Å². The first-order valence-electron chi connectivity index (χ1n) is 7.22. The number of ketones is 1. The molecule has 1 fully saturated rings. The van der Waals surface area contributed by atoms with E-state index in [1.165, 1.54) is 6.33 Å². The van der Waals surface area contributed by atoms with Gasteiger partial charge in [0, 0.05) is 19.6 Å². The van der Waals surface area contributed by atoms with E-state index in [9.17, 15) is 4.79 Å². The molecule has 2 rings (SSSR count). The molecule has 0 atom stereocenters. The van der Waals surface area contributed by atoms with Crippen LogP contribution in [-0.4, -0.2) is 33.3 Å². The number of aromatic nitrogens is 3. The smallest absolute Gasteiger partial charge is 0.140 e. The summed E-state index contributed by atoms with van der Waals surface area (Å²) in [6, 6.07) is 0. The van der Waals surface area contributed by atoms with E-state index in [0.717, 1.165) is 38.2 Å². The van der Waals surface area contributed by atoms with E-state index in [1.807, 2.05) is 11.6 Å². The van der Waals surface area contributed by atoms with Crippen molar-refractivity contribution in [1.29, 1.82) is 0 Å². The summed E-state index contributed by atoms with van der Waals surface area (Å²) in [5, 5.41) is 4.14. The van der Waals surface area contributed by atoms with Gasteiger partial charge in [-0.1, -0.05) is 6.92 Å². The third kappa shape index (κ3) is 3.86. The highest BCUT2D eigenvalue weighted by atomic mass is 16.5. The highest BCUT2D eigenvalue weighted by molar-refractivity contribution is 5.80. The molecule has 5 heteroatoms. The van der Waals surface area contributed by atoms with Crippen molar-refractivity contribution in [3.8, 4) is 0 Å². The average molecular weight is 265 g/mol. The number of aryl methyl sites for hydroxylation is 1. The fourth-order valence-electron chi connectivity index (χ4n) is 2.61. The van der Waals surface area contributed by atoms with E-state index in [0.29, 0.717) is 24.9 Å².